The van der Waals surface area contributed by atoms with Gasteiger partial charge in [-0.1, -0.05) is 11.6 Å². The van der Waals surface area contributed by atoms with Crippen molar-refractivity contribution in [2.45, 2.75) is 18.0 Å². The van der Waals surface area contributed by atoms with Crippen LogP contribution in [0, 0.1) is 6.92 Å². The number of aryl methyl sites for hydroxylation is 1. The topological polar surface area (TPSA) is 85.1 Å². The zero-order valence-electron chi connectivity index (χ0n) is 10.3. The second kappa shape index (κ2) is 5.19. The van der Waals surface area contributed by atoms with Crippen LogP contribution in [0.1, 0.15) is 11.5 Å². The van der Waals surface area contributed by atoms with Crippen LogP contribution in [0.25, 0.3) is 0 Å². The standard InChI is InChI=1S/C10H7ClF3N3O3S/c1-5-15-9(16-20-5)17-21(18,19)8-4-6(10(12,13)14)2-3-7(8)11/h2-4H,1H3,(H,16,17). The molecule has 1 N–H and O–H groups in total. The number of anilines is 1. The molecule has 0 atom stereocenters. The van der Waals surface area contributed by atoms with Crippen LogP contribution < -0.4 is 4.72 Å². The third-order valence-electron chi connectivity index (χ3n) is 2.30. The van der Waals surface area contributed by atoms with Gasteiger partial charge in [0.2, 0.25) is 5.89 Å². The van der Waals surface area contributed by atoms with E-state index in [0.29, 0.717) is 12.1 Å². The van der Waals surface area contributed by atoms with E-state index in [0.717, 1.165) is 6.07 Å². The summed E-state index contributed by atoms with van der Waals surface area (Å²) in [6, 6.07) is 1.96. The molecule has 0 spiro atoms. The lowest BCUT2D eigenvalue weighted by atomic mass is 10.2. The van der Waals surface area contributed by atoms with Crippen LogP contribution in [-0.4, -0.2) is 18.6 Å². The lowest BCUT2D eigenvalue weighted by Gasteiger charge is -2.10. The van der Waals surface area contributed by atoms with Crippen molar-refractivity contribution in [3.8, 4) is 0 Å². The second-order valence-electron chi connectivity index (χ2n) is 3.89. The molecule has 21 heavy (non-hydrogen) atoms. The number of hydrogen-bond donors (Lipinski definition) is 1. The Hall–Kier alpha value is -1.81. The number of alkyl halides is 3. The largest absolute Gasteiger partial charge is 0.416 e. The van der Waals surface area contributed by atoms with Crippen LogP contribution in [0.3, 0.4) is 0 Å². The molecule has 2 rings (SSSR count). The SMILES string of the molecule is Cc1nc(NS(=O)(=O)c2cc(C(F)(F)F)ccc2Cl)no1. The molecule has 0 saturated carbocycles. The number of aromatic nitrogens is 2. The fourth-order valence-corrected chi connectivity index (χ4v) is 2.86. The molecule has 2 aromatic rings. The highest BCUT2D eigenvalue weighted by Crippen LogP contribution is 2.33. The Kier molecular flexibility index (Phi) is 3.85. The van der Waals surface area contributed by atoms with Gasteiger partial charge in [-0.2, -0.15) is 18.2 Å². The van der Waals surface area contributed by atoms with E-state index in [1.807, 2.05) is 4.72 Å². The van der Waals surface area contributed by atoms with E-state index in [1.54, 1.807) is 0 Å². The molecule has 0 bridgehead atoms. The van der Waals surface area contributed by atoms with Crippen molar-refractivity contribution in [3.05, 3.63) is 34.7 Å². The summed E-state index contributed by atoms with van der Waals surface area (Å²) in [5, 5.41) is 2.92. The van der Waals surface area contributed by atoms with Crippen molar-refractivity contribution < 1.29 is 26.1 Å². The first-order valence-corrected chi connectivity index (χ1v) is 7.15. The average molecular weight is 342 g/mol. The maximum absolute atomic E-state index is 12.6. The molecule has 0 aliphatic carbocycles. The first kappa shape index (κ1) is 15.6. The lowest BCUT2D eigenvalue weighted by Crippen LogP contribution is -2.16. The summed E-state index contributed by atoms with van der Waals surface area (Å²) in [5.41, 5.74) is -1.14. The van der Waals surface area contributed by atoms with Gasteiger partial charge in [-0.3, -0.25) is 0 Å². The minimum Gasteiger partial charge on any atom is -0.338 e. The van der Waals surface area contributed by atoms with Crippen molar-refractivity contribution in [2.75, 3.05) is 4.72 Å². The minimum absolute atomic E-state index is 0.0860. The number of benzene rings is 1. The van der Waals surface area contributed by atoms with Crippen LogP contribution in [0.4, 0.5) is 19.1 Å². The Morgan fingerprint density at radius 1 is 1.33 bits per heavy atom. The van der Waals surface area contributed by atoms with Crippen LogP contribution in [-0.2, 0) is 16.2 Å². The van der Waals surface area contributed by atoms with Gasteiger partial charge in [0, 0.05) is 6.92 Å². The molecule has 0 saturated heterocycles. The Morgan fingerprint density at radius 3 is 2.52 bits per heavy atom. The van der Waals surface area contributed by atoms with Gasteiger partial charge in [-0.05, 0) is 23.4 Å². The second-order valence-corrected chi connectivity index (χ2v) is 5.94. The summed E-state index contributed by atoms with van der Waals surface area (Å²) >= 11 is 5.65. The summed E-state index contributed by atoms with van der Waals surface area (Å²) in [5.74, 6) is -0.316. The Labute approximate surface area is 122 Å². The van der Waals surface area contributed by atoms with Gasteiger partial charge < -0.3 is 4.52 Å². The Balaban J connectivity index is 2.44. The van der Waals surface area contributed by atoms with E-state index in [-0.39, 0.29) is 10.9 Å². The predicted molar refractivity (Wildman–Crippen MR) is 66.3 cm³/mol. The quantitative estimate of drug-likeness (QED) is 0.927. The molecule has 1 aromatic heterocycles. The van der Waals surface area contributed by atoms with E-state index < -0.39 is 32.6 Å². The number of halogens is 4. The van der Waals surface area contributed by atoms with Crippen LogP contribution in [0.2, 0.25) is 5.02 Å². The fraction of sp³-hybridized carbons (Fsp3) is 0.200. The molecule has 1 aromatic carbocycles. The first-order valence-electron chi connectivity index (χ1n) is 5.29. The van der Waals surface area contributed by atoms with E-state index >= 15 is 0 Å². The van der Waals surface area contributed by atoms with Crippen LogP contribution in [0.15, 0.2) is 27.6 Å². The number of sulfonamides is 1. The highest BCUT2D eigenvalue weighted by Gasteiger charge is 2.33. The molecule has 1 heterocycles. The molecular formula is C10H7ClF3N3O3S. The Morgan fingerprint density at radius 2 is 2.00 bits per heavy atom. The minimum atomic E-state index is -4.70. The molecule has 0 fully saturated rings. The molecule has 0 radical (unpaired) electrons. The van der Waals surface area contributed by atoms with E-state index in [1.165, 1.54) is 6.92 Å². The molecule has 0 amide bonds. The van der Waals surface area contributed by atoms with E-state index in [2.05, 4.69) is 14.7 Å². The Bertz CT molecular complexity index is 773. The molecule has 11 heteroatoms. The number of nitrogens with one attached hydrogen (secondary N) is 1. The van der Waals surface area contributed by atoms with Gasteiger partial charge >= 0.3 is 6.18 Å². The predicted octanol–water partition coefficient (Wildman–Crippen LogP) is 2.85. The molecule has 6 nitrogen and oxygen atoms in total. The fourth-order valence-electron chi connectivity index (χ4n) is 1.40. The zero-order chi connectivity index (χ0) is 15.8. The van der Waals surface area contributed by atoms with Crippen molar-refractivity contribution in [2.24, 2.45) is 0 Å². The molecule has 0 aliphatic heterocycles. The maximum Gasteiger partial charge on any atom is 0.416 e. The van der Waals surface area contributed by atoms with Crippen molar-refractivity contribution in [1.29, 1.82) is 0 Å². The molecule has 0 unspecified atom stereocenters. The monoisotopic (exact) mass is 341 g/mol. The third kappa shape index (κ3) is 3.45. The van der Waals surface area contributed by atoms with E-state index in [4.69, 9.17) is 11.6 Å². The summed E-state index contributed by atoms with van der Waals surface area (Å²) < 4.78 is 68.3. The third-order valence-corrected chi connectivity index (χ3v) is 4.11. The van der Waals surface area contributed by atoms with Gasteiger partial charge in [0.25, 0.3) is 16.0 Å². The first-order chi connectivity index (χ1) is 9.59. The van der Waals surface area contributed by atoms with Gasteiger partial charge in [-0.15, -0.1) is 0 Å². The summed E-state index contributed by atoms with van der Waals surface area (Å²) in [7, 11) is -4.38. The van der Waals surface area contributed by atoms with E-state index in [9.17, 15) is 21.6 Å². The van der Waals surface area contributed by atoms with Crippen LogP contribution >= 0.6 is 11.6 Å². The molecule has 114 valence electrons. The highest BCUT2D eigenvalue weighted by atomic mass is 35.5. The normalized spacial score (nSPS) is 12.4. The maximum atomic E-state index is 12.6. The van der Waals surface area contributed by atoms with Crippen molar-refractivity contribution in [3.63, 3.8) is 0 Å². The summed E-state index contributed by atoms with van der Waals surface area (Å²) in [4.78, 5) is 2.85. The number of rotatable bonds is 3. The van der Waals surface area contributed by atoms with Crippen molar-refractivity contribution in [1.82, 2.24) is 10.1 Å². The smallest absolute Gasteiger partial charge is 0.338 e. The van der Waals surface area contributed by atoms with Crippen LogP contribution in [0.5, 0.6) is 0 Å². The van der Waals surface area contributed by atoms with Gasteiger partial charge in [0.1, 0.15) is 4.90 Å². The highest BCUT2D eigenvalue weighted by molar-refractivity contribution is 7.92. The van der Waals surface area contributed by atoms with Crippen molar-refractivity contribution >= 4 is 27.6 Å². The zero-order valence-corrected chi connectivity index (χ0v) is 11.8. The molecule has 0 aliphatic rings. The number of nitrogens with zero attached hydrogens (tertiary/aromatic N) is 2. The average Bonchev–Trinajstić information content (AvgIpc) is 2.72. The lowest BCUT2D eigenvalue weighted by molar-refractivity contribution is -0.137. The molecular weight excluding hydrogens is 335 g/mol. The number of hydrogen-bond acceptors (Lipinski definition) is 5. The van der Waals surface area contributed by atoms with Gasteiger partial charge in [-0.25, -0.2) is 13.1 Å². The summed E-state index contributed by atoms with van der Waals surface area (Å²) in [6.45, 7) is 1.42. The van der Waals surface area contributed by atoms with Gasteiger partial charge in [0.15, 0.2) is 0 Å². The summed E-state index contributed by atoms with van der Waals surface area (Å²) in [6.07, 6.45) is -4.70. The van der Waals surface area contributed by atoms with Gasteiger partial charge in [0.05, 0.1) is 10.6 Å².